The number of methoxy groups -OCH3 is 1. The fourth-order valence-electron chi connectivity index (χ4n) is 2.45. The lowest BCUT2D eigenvalue weighted by Crippen LogP contribution is -2.16. The first kappa shape index (κ1) is 12.6. The first-order valence-electron chi connectivity index (χ1n) is 6.64. The number of ether oxygens (including phenoxy) is 1. The van der Waals surface area contributed by atoms with E-state index in [4.69, 9.17) is 4.74 Å². The number of nitrogens with one attached hydrogen (secondary N) is 1. The van der Waals surface area contributed by atoms with Gasteiger partial charge in [0.15, 0.2) is 0 Å². The zero-order valence-corrected chi connectivity index (χ0v) is 10.7. The molecule has 4 heteroatoms. The average Bonchev–Trinajstić information content (AvgIpc) is 2.98. The maximum Gasteiger partial charge on any atom is 0.0948 e. The van der Waals surface area contributed by atoms with E-state index in [0.29, 0.717) is 6.04 Å². The van der Waals surface area contributed by atoms with Crippen LogP contribution in [0.3, 0.4) is 0 Å². The van der Waals surface area contributed by atoms with E-state index in [9.17, 15) is 0 Å². The van der Waals surface area contributed by atoms with Gasteiger partial charge in [-0.25, -0.2) is 4.98 Å². The molecule has 0 spiro atoms. The number of rotatable bonds is 7. The third-order valence-electron chi connectivity index (χ3n) is 3.41. The minimum absolute atomic E-state index is 0.525. The Labute approximate surface area is 103 Å². The number of unbranched alkanes of at least 4 members (excludes halogenated alkanes) is 2. The molecule has 1 aromatic heterocycles. The molecule has 1 aliphatic heterocycles. The molecule has 0 amide bonds. The Morgan fingerprint density at radius 3 is 3.18 bits per heavy atom. The Bertz CT molecular complexity index is 318. The Hall–Kier alpha value is -0.870. The van der Waals surface area contributed by atoms with Crippen molar-refractivity contribution in [3.8, 4) is 0 Å². The molecule has 1 saturated heterocycles. The lowest BCUT2D eigenvalue weighted by atomic mass is 10.1. The summed E-state index contributed by atoms with van der Waals surface area (Å²) in [5.41, 5.74) is 1.36. The maximum absolute atomic E-state index is 5.05. The van der Waals surface area contributed by atoms with E-state index in [2.05, 4.69) is 14.9 Å². The van der Waals surface area contributed by atoms with Crippen molar-refractivity contribution in [1.82, 2.24) is 14.9 Å². The van der Waals surface area contributed by atoms with E-state index in [1.807, 2.05) is 12.5 Å². The number of imidazole rings is 1. The SMILES string of the molecule is COCCCCCn1cncc1[C@@H]1CCCN1. The van der Waals surface area contributed by atoms with Crippen molar-refractivity contribution >= 4 is 0 Å². The number of aryl methyl sites for hydroxylation is 1. The molecule has 0 bridgehead atoms. The van der Waals surface area contributed by atoms with Crippen LogP contribution in [-0.4, -0.2) is 29.8 Å². The molecule has 0 saturated carbocycles. The number of aromatic nitrogens is 2. The average molecular weight is 237 g/mol. The van der Waals surface area contributed by atoms with Crippen LogP contribution in [0.25, 0.3) is 0 Å². The molecule has 0 aromatic carbocycles. The van der Waals surface area contributed by atoms with Crippen LogP contribution >= 0.6 is 0 Å². The zero-order valence-electron chi connectivity index (χ0n) is 10.7. The maximum atomic E-state index is 5.05. The molecule has 1 aliphatic rings. The Morgan fingerprint density at radius 2 is 2.41 bits per heavy atom. The smallest absolute Gasteiger partial charge is 0.0948 e. The van der Waals surface area contributed by atoms with Gasteiger partial charge in [-0.15, -0.1) is 0 Å². The Balaban J connectivity index is 1.78. The van der Waals surface area contributed by atoms with Crippen LogP contribution in [-0.2, 0) is 11.3 Å². The fraction of sp³-hybridized carbons (Fsp3) is 0.769. The van der Waals surface area contributed by atoms with Crippen LogP contribution in [0.5, 0.6) is 0 Å². The highest BCUT2D eigenvalue weighted by atomic mass is 16.5. The third kappa shape index (κ3) is 3.54. The van der Waals surface area contributed by atoms with Crippen LogP contribution in [0.4, 0.5) is 0 Å². The second kappa shape index (κ2) is 6.77. The lowest BCUT2D eigenvalue weighted by molar-refractivity contribution is 0.191. The van der Waals surface area contributed by atoms with Crippen LogP contribution in [0, 0.1) is 0 Å². The predicted molar refractivity (Wildman–Crippen MR) is 67.9 cm³/mol. The molecule has 96 valence electrons. The second-order valence-electron chi connectivity index (χ2n) is 4.71. The summed E-state index contributed by atoms with van der Waals surface area (Å²) in [6.45, 7) is 3.10. The van der Waals surface area contributed by atoms with Gasteiger partial charge >= 0.3 is 0 Å². The first-order chi connectivity index (χ1) is 8.42. The van der Waals surface area contributed by atoms with Gasteiger partial charge in [0.05, 0.1) is 12.0 Å². The van der Waals surface area contributed by atoms with Crippen LogP contribution in [0.15, 0.2) is 12.5 Å². The van der Waals surface area contributed by atoms with Gasteiger partial charge in [0.1, 0.15) is 0 Å². The van der Waals surface area contributed by atoms with Crippen LogP contribution < -0.4 is 5.32 Å². The molecule has 1 fully saturated rings. The molecule has 0 radical (unpaired) electrons. The van der Waals surface area contributed by atoms with Crippen LogP contribution in [0.2, 0.25) is 0 Å². The zero-order chi connectivity index (χ0) is 11.9. The Morgan fingerprint density at radius 1 is 1.47 bits per heavy atom. The quantitative estimate of drug-likeness (QED) is 0.738. The van der Waals surface area contributed by atoms with Crippen molar-refractivity contribution in [3.63, 3.8) is 0 Å². The predicted octanol–water partition coefficient (Wildman–Crippen LogP) is 2.12. The minimum atomic E-state index is 0.525. The summed E-state index contributed by atoms with van der Waals surface area (Å²) >= 11 is 0. The van der Waals surface area contributed by atoms with Gasteiger partial charge in [-0.05, 0) is 38.6 Å². The van der Waals surface area contributed by atoms with E-state index >= 15 is 0 Å². The van der Waals surface area contributed by atoms with E-state index in [1.54, 1.807) is 7.11 Å². The summed E-state index contributed by atoms with van der Waals surface area (Å²) in [4.78, 5) is 4.28. The van der Waals surface area contributed by atoms with Gasteiger partial charge in [-0.1, -0.05) is 0 Å². The molecule has 1 N–H and O–H groups in total. The fourth-order valence-corrected chi connectivity index (χ4v) is 2.45. The van der Waals surface area contributed by atoms with Crippen molar-refractivity contribution in [1.29, 1.82) is 0 Å². The normalized spacial score (nSPS) is 19.9. The van der Waals surface area contributed by atoms with Crippen LogP contribution in [0.1, 0.15) is 43.8 Å². The third-order valence-corrected chi connectivity index (χ3v) is 3.41. The molecular formula is C13H23N3O. The summed E-state index contributed by atoms with van der Waals surface area (Å²) < 4.78 is 7.36. The minimum Gasteiger partial charge on any atom is -0.385 e. The summed E-state index contributed by atoms with van der Waals surface area (Å²) in [5, 5.41) is 3.53. The molecule has 2 heterocycles. The van der Waals surface area contributed by atoms with Crippen molar-refractivity contribution in [2.24, 2.45) is 0 Å². The van der Waals surface area contributed by atoms with Gasteiger partial charge in [-0.2, -0.15) is 0 Å². The van der Waals surface area contributed by atoms with Crippen molar-refractivity contribution in [2.45, 2.75) is 44.7 Å². The highest BCUT2D eigenvalue weighted by Crippen LogP contribution is 2.22. The molecule has 1 atom stereocenters. The first-order valence-corrected chi connectivity index (χ1v) is 6.64. The summed E-state index contributed by atoms with van der Waals surface area (Å²) in [7, 11) is 1.76. The van der Waals surface area contributed by atoms with Gasteiger partial charge < -0.3 is 14.6 Å². The topological polar surface area (TPSA) is 39.1 Å². The van der Waals surface area contributed by atoms with Gasteiger partial charge in [0, 0.05) is 32.5 Å². The summed E-state index contributed by atoms with van der Waals surface area (Å²) in [6.07, 6.45) is 10.1. The highest BCUT2D eigenvalue weighted by molar-refractivity contribution is 5.07. The molecule has 17 heavy (non-hydrogen) atoms. The largest absolute Gasteiger partial charge is 0.385 e. The van der Waals surface area contributed by atoms with E-state index in [-0.39, 0.29) is 0 Å². The molecular weight excluding hydrogens is 214 g/mol. The number of hydrogen-bond donors (Lipinski definition) is 1. The number of nitrogens with zero attached hydrogens (tertiary/aromatic N) is 2. The molecule has 1 aromatic rings. The lowest BCUT2D eigenvalue weighted by Gasteiger charge is -2.13. The van der Waals surface area contributed by atoms with Gasteiger partial charge in [0.25, 0.3) is 0 Å². The molecule has 4 nitrogen and oxygen atoms in total. The van der Waals surface area contributed by atoms with E-state index in [1.165, 1.54) is 31.4 Å². The monoisotopic (exact) mass is 237 g/mol. The molecule has 0 unspecified atom stereocenters. The van der Waals surface area contributed by atoms with Crippen molar-refractivity contribution in [2.75, 3.05) is 20.3 Å². The second-order valence-corrected chi connectivity index (χ2v) is 4.71. The number of hydrogen-bond acceptors (Lipinski definition) is 3. The van der Waals surface area contributed by atoms with Gasteiger partial charge in [0.2, 0.25) is 0 Å². The Kier molecular flexibility index (Phi) is 5.01. The van der Waals surface area contributed by atoms with Crippen molar-refractivity contribution in [3.05, 3.63) is 18.2 Å². The summed E-state index contributed by atoms with van der Waals surface area (Å²) in [5.74, 6) is 0. The molecule has 2 rings (SSSR count). The van der Waals surface area contributed by atoms with Crippen molar-refractivity contribution < 1.29 is 4.74 Å². The summed E-state index contributed by atoms with van der Waals surface area (Å²) in [6, 6.07) is 0.525. The molecule has 0 aliphatic carbocycles. The highest BCUT2D eigenvalue weighted by Gasteiger charge is 2.19. The standard InChI is InChI=1S/C13H23N3O/c1-17-9-4-2-3-8-16-11-14-10-13(16)12-6-5-7-15-12/h10-12,15H,2-9H2,1H3/t12-/m0/s1. The van der Waals surface area contributed by atoms with Gasteiger partial charge in [-0.3, -0.25) is 0 Å². The van der Waals surface area contributed by atoms with E-state index < -0.39 is 0 Å². The van der Waals surface area contributed by atoms with E-state index in [0.717, 1.165) is 26.1 Å².